The summed E-state index contributed by atoms with van der Waals surface area (Å²) in [6.45, 7) is 5.02. The van der Waals surface area contributed by atoms with Gasteiger partial charge in [0.1, 0.15) is 5.75 Å². The summed E-state index contributed by atoms with van der Waals surface area (Å²) in [7, 11) is -2.03. The maximum atomic E-state index is 13.3. The maximum absolute atomic E-state index is 13.3. The van der Waals surface area contributed by atoms with Gasteiger partial charge in [-0.2, -0.15) is 4.31 Å². The number of carbonyl (C=O) groups is 1. The van der Waals surface area contributed by atoms with Crippen LogP contribution >= 0.6 is 0 Å². The quantitative estimate of drug-likeness (QED) is 0.646. The smallest absolute Gasteiger partial charge is 0.251 e. The van der Waals surface area contributed by atoms with E-state index in [9.17, 15) is 13.2 Å². The van der Waals surface area contributed by atoms with Crippen molar-refractivity contribution in [2.75, 3.05) is 51.4 Å². The molecule has 2 aromatic rings. The second kappa shape index (κ2) is 10.8. The summed E-state index contributed by atoms with van der Waals surface area (Å²) in [4.78, 5) is 15.5. The van der Waals surface area contributed by atoms with Gasteiger partial charge >= 0.3 is 0 Å². The molecule has 0 aliphatic carbocycles. The molecule has 2 fully saturated rings. The highest BCUT2D eigenvalue weighted by Crippen LogP contribution is 2.25. The summed E-state index contributed by atoms with van der Waals surface area (Å²) < 4.78 is 38.5. The fraction of sp³-hybridized carbons (Fsp3) is 0.480. The number of piperidine rings is 1. The van der Waals surface area contributed by atoms with Crippen LogP contribution in [0.3, 0.4) is 0 Å². The topological polar surface area (TPSA) is 88.2 Å². The van der Waals surface area contributed by atoms with Crippen molar-refractivity contribution in [1.82, 2.24) is 9.62 Å². The molecule has 0 aromatic heterocycles. The van der Waals surface area contributed by atoms with Gasteiger partial charge in [0.25, 0.3) is 5.91 Å². The number of carbonyl (C=O) groups excluding carboxylic acids is 1. The Hall–Kier alpha value is -2.62. The Bertz CT molecular complexity index is 1090. The third kappa shape index (κ3) is 5.37. The zero-order valence-electron chi connectivity index (χ0n) is 19.8. The molecule has 2 aliphatic heterocycles. The molecule has 2 aliphatic rings. The fourth-order valence-corrected chi connectivity index (χ4v) is 6.23. The summed E-state index contributed by atoms with van der Waals surface area (Å²) in [6, 6.07) is 13.1. The first-order valence-corrected chi connectivity index (χ1v) is 13.3. The van der Waals surface area contributed by atoms with Gasteiger partial charge in [0.05, 0.1) is 25.2 Å². The van der Waals surface area contributed by atoms with Gasteiger partial charge < -0.3 is 19.7 Å². The summed E-state index contributed by atoms with van der Waals surface area (Å²) in [5, 5.41) is 3.11. The number of sulfonamides is 1. The molecule has 0 radical (unpaired) electrons. The minimum Gasteiger partial charge on any atom is -0.497 e. The van der Waals surface area contributed by atoms with Crippen LogP contribution in [0, 0.1) is 0 Å². The van der Waals surface area contributed by atoms with Crippen molar-refractivity contribution in [1.29, 1.82) is 0 Å². The zero-order valence-corrected chi connectivity index (χ0v) is 20.6. The molecule has 2 saturated heterocycles. The zero-order chi connectivity index (χ0) is 24.1. The van der Waals surface area contributed by atoms with Crippen molar-refractivity contribution in [3.63, 3.8) is 0 Å². The Balaban J connectivity index is 1.42. The molecule has 2 heterocycles. The number of benzene rings is 2. The predicted octanol–water partition coefficient (Wildman–Crippen LogP) is 2.68. The highest BCUT2D eigenvalue weighted by Gasteiger charge is 2.29. The Kier molecular flexibility index (Phi) is 7.75. The molecule has 1 amide bonds. The average Bonchev–Trinajstić information content (AvgIpc) is 2.89. The van der Waals surface area contributed by atoms with Gasteiger partial charge in [-0.25, -0.2) is 8.42 Å². The van der Waals surface area contributed by atoms with Crippen LogP contribution in [0.25, 0.3) is 0 Å². The van der Waals surface area contributed by atoms with E-state index in [0.717, 1.165) is 42.9 Å². The number of rotatable bonds is 7. The first kappa shape index (κ1) is 24.5. The predicted molar refractivity (Wildman–Crippen MR) is 131 cm³/mol. The molecule has 0 saturated carbocycles. The molecule has 4 rings (SSSR count). The Morgan fingerprint density at radius 2 is 1.74 bits per heavy atom. The normalized spacial score (nSPS) is 18.0. The monoisotopic (exact) mass is 487 g/mol. The van der Waals surface area contributed by atoms with E-state index in [4.69, 9.17) is 9.47 Å². The highest BCUT2D eigenvalue weighted by molar-refractivity contribution is 7.89. The van der Waals surface area contributed by atoms with Gasteiger partial charge in [-0.15, -0.1) is 0 Å². The Labute approximate surface area is 201 Å². The van der Waals surface area contributed by atoms with E-state index in [2.05, 4.69) is 10.2 Å². The van der Waals surface area contributed by atoms with Gasteiger partial charge in [-0.3, -0.25) is 4.79 Å². The average molecular weight is 488 g/mol. The second-order valence-corrected chi connectivity index (χ2v) is 10.5. The molecule has 0 spiro atoms. The number of amides is 1. The second-order valence-electron chi connectivity index (χ2n) is 8.63. The van der Waals surface area contributed by atoms with Crippen LogP contribution < -0.4 is 15.0 Å². The standard InChI is InChI=1S/C25H33N3O5S/c1-3-19-4-5-20(18-24(19)34(30,31)28-14-16-33-17-15-28)25(29)26-21-10-12-27(13-11-21)22-6-8-23(32-2)9-7-22/h4-9,18,21H,3,10-17H2,1-2H3,(H,26,29). The SMILES string of the molecule is CCc1ccc(C(=O)NC2CCN(c3ccc(OC)cc3)CC2)cc1S(=O)(=O)N1CCOCC1. The van der Waals surface area contributed by atoms with Crippen LogP contribution in [-0.4, -0.2) is 71.2 Å². The van der Waals surface area contributed by atoms with Crippen molar-refractivity contribution in [3.8, 4) is 5.75 Å². The van der Waals surface area contributed by atoms with Crippen molar-refractivity contribution in [2.45, 2.75) is 37.1 Å². The summed E-state index contributed by atoms with van der Waals surface area (Å²) in [5.74, 6) is 0.596. The molecule has 1 N–H and O–H groups in total. The lowest BCUT2D eigenvalue weighted by Gasteiger charge is -2.34. The number of nitrogens with zero attached hydrogens (tertiary/aromatic N) is 2. The van der Waals surface area contributed by atoms with Gasteiger partial charge in [0, 0.05) is 43.5 Å². The molecular weight excluding hydrogens is 454 g/mol. The minimum atomic E-state index is -3.68. The molecule has 184 valence electrons. The van der Waals surface area contributed by atoms with Crippen molar-refractivity contribution in [2.24, 2.45) is 0 Å². The number of methoxy groups -OCH3 is 1. The number of hydrogen-bond acceptors (Lipinski definition) is 6. The van der Waals surface area contributed by atoms with Crippen LogP contribution in [0.15, 0.2) is 47.4 Å². The fourth-order valence-electron chi connectivity index (χ4n) is 4.50. The summed E-state index contributed by atoms with van der Waals surface area (Å²) in [6.07, 6.45) is 2.22. The van der Waals surface area contributed by atoms with E-state index >= 15 is 0 Å². The van der Waals surface area contributed by atoms with E-state index in [0.29, 0.717) is 38.3 Å². The van der Waals surface area contributed by atoms with Gasteiger partial charge in [0.2, 0.25) is 10.0 Å². The van der Waals surface area contributed by atoms with Gasteiger partial charge in [0.15, 0.2) is 0 Å². The van der Waals surface area contributed by atoms with Gasteiger partial charge in [-0.05, 0) is 61.2 Å². The highest BCUT2D eigenvalue weighted by atomic mass is 32.2. The maximum Gasteiger partial charge on any atom is 0.251 e. The lowest BCUT2D eigenvalue weighted by atomic mass is 10.0. The number of morpholine rings is 1. The molecule has 2 aromatic carbocycles. The molecule has 0 bridgehead atoms. The van der Waals surface area contributed by atoms with E-state index < -0.39 is 10.0 Å². The van der Waals surface area contributed by atoms with E-state index in [1.165, 1.54) is 10.4 Å². The lowest BCUT2D eigenvalue weighted by Crippen LogP contribution is -2.44. The number of nitrogens with one attached hydrogen (secondary N) is 1. The van der Waals surface area contributed by atoms with Crippen molar-refractivity contribution in [3.05, 3.63) is 53.6 Å². The third-order valence-electron chi connectivity index (χ3n) is 6.57. The molecule has 8 nitrogen and oxygen atoms in total. The third-order valence-corrected chi connectivity index (χ3v) is 8.55. The molecule has 0 atom stereocenters. The Morgan fingerprint density at radius 1 is 1.06 bits per heavy atom. The van der Waals surface area contributed by atoms with Crippen LogP contribution in [0.1, 0.15) is 35.7 Å². The van der Waals surface area contributed by atoms with Crippen LogP contribution in [0.2, 0.25) is 0 Å². The van der Waals surface area contributed by atoms with Crippen LogP contribution in [-0.2, 0) is 21.2 Å². The van der Waals surface area contributed by atoms with E-state index in [-0.39, 0.29) is 16.8 Å². The first-order valence-electron chi connectivity index (χ1n) is 11.8. The number of hydrogen-bond donors (Lipinski definition) is 1. The van der Waals surface area contributed by atoms with Crippen LogP contribution in [0.4, 0.5) is 5.69 Å². The lowest BCUT2D eigenvalue weighted by molar-refractivity contribution is 0.0730. The minimum absolute atomic E-state index is 0.0483. The van der Waals surface area contributed by atoms with E-state index in [1.54, 1.807) is 19.2 Å². The number of aryl methyl sites for hydroxylation is 1. The molecule has 34 heavy (non-hydrogen) atoms. The van der Waals surface area contributed by atoms with Crippen molar-refractivity contribution >= 4 is 21.6 Å². The Morgan fingerprint density at radius 3 is 2.35 bits per heavy atom. The summed E-state index contributed by atoms with van der Waals surface area (Å²) in [5.41, 5.74) is 2.23. The summed E-state index contributed by atoms with van der Waals surface area (Å²) >= 11 is 0. The molecule has 0 unspecified atom stereocenters. The molecule has 9 heteroatoms. The largest absolute Gasteiger partial charge is 0.497 e. The van der Waals surface area contributed by atoms with Crippen LogP contribution in [0.5, 0.6) is 5.75 Å². The number of ether oxygens (including phenoxy) is 2. The number of anilines is 1. The van der Waals surface area contributed by atoms with Gasteiger partial charge in [-0.1, -0.05) is 13.0 Å². The molecular formula is C25H33N3O5S. The first-order chi connectivity index (χ1) is 16.4. The van der Waals surface area contributed by atoms with E-state index in [1.807, 2.05) is 31.2 Å². The van der Waals surface area contributed by atoms with Crippen molar-refractivity contribution < 1.29 is 22.7 Å².